The zero-order valence-corrected chi connectivity index (χ0v) is 13.3. The highest BCUT2D eigenvalue weighted by molar-refractivity contribution is 7.14. The quantitative estimate of drug-likeness (QED) is 0.756. The lowest BCUT2D eigenvalue weighted by Gasteiger charge is -2.01. The van der Waals surface area contributed by atoms with E-state index in [2.05, 4.69) is 15.5 Å². The van der Waals surface area contributed by atoms with Gasteiger partial charge in [0.1, 0.15) is 15.8 Å². The van der Waals surface area contributed by atoms with Crippen LogP contribution in [0.3, 0.4) is 0 Å². The minimum Gasteiger partial charge on any atom is -0.383 e. The summed E-state index contributed by atoms with van der Waals surface area (Å²) in [5.41, 5.74) is 0.722. The summed E-state index contributed by atoms with van der Waals surface area (Å²) in [5.74, 6) is -0.351. The molecule has 0 saturated carbocycles. The van der Waals surface area contributed by atoms with Crippen molar-refractivity contribution in [3.63, 3.8) is 0 Å². The van der Waals surface area contributed by atoms with Crippen LogP contribution in [-0.4, -0.2) is 37.0 Å². The van der Waals surface area contributed by atoms with Crippen LogP contribution in [0, 0.1) is 5.82 Å². The van der Waals surface area contributed by atoms with Gasteiger partial charge in [-0.05, 0) is 31.2 Å². The van der Waals surface area contributed by atoms with Gasteiger partial charge in [-0.15, -0.1) is 10.2 Å². The van der Waals surface area contributed by atoms with E-state index in [4.69, 9.17) is 16.3 Å². The molecule has 0 bridgehead atoms. The van der Waals surface area contributed by atoms with Crippen molar-refractivity contribution >= 4 is 22.9 Å². The summed E-state index contributed by atoms with van der Waals surface area (Å²) in [7, 11) is 1.69. The molecule has 0 fully saturated rings. The topological polar surface area (TPSA) is 47.0 Å². The molecule has 0 aliphatic carbocycles. The average molecular weight is 330 g/mol. The number of nitrogens with one attached hydrogen (secondary N) is 1. The highest BCUT2D eigenvalue weighted by Crippen LogP contribution is 2.30. The molecule has 0 radical (unpaired) electrons. The van der Waals surface area contributed by atoms with Gasteiger partial charge in [0.05, 0.1) is 11.6 Å². The molecule has 7 heteroatoms. The second-order valence-corrected chi connectivity index (χ2v) is 5.94. The molecule has 2 rings (SSSR count). The van der Waals surface area contributed by atoms with Crippen LogP contribution in [0.5, 0.6) is 0 Å². The normalized spacial score (nSPS) is 11.0. The number of aromatic nitrogens is 2. The SMILES string of the molecule is COCCNCCCc1nnc(-c2ccc(F)cc2Cl)s1. The first-order valence-corrected chi connectivity index (χ1v) is 7.87. The lowest BCUT2D eigenvalue weighted by molar-refractivity contribution is 0.199. The van der Waals surface area contributed by atoms with Gasteiger partial charge in [0.25, 0.3) is 0 Å². The van der Waals surface area contributed by atoms with E-state index in [1.165, 1.54) is 23.5 Å². The molecule has 0 saturated heterocycles. The Morgan fingerprint density at radius 3 is 2.95 bits per heavy atom. The summed E-state index contributed by atoms with van der Waals surface area (Å²) < 4.78 is 18.0. The van der Waals surface area contributed by atoms with E-state index >= 15 is 0 Å². The molecule has 0 amide bonds. The van der Waals surface area contributed by atoms with Crippen molar-refractivity contribution in [3.05, 3.63) is 34.0 Å². The van der Waals surface area contributed by atoms with Gasteiger partial charge in [0.2, 0.25) is 0 Å². The number of hydrogen-bond acceptors (Lipinski definition) is 5. The third-order valence-corrected chi connectivity index (χ3v) is 4.18. The lowest BCUT2D eigenvalue weighted by Crippen LogP contribution is -2.20. The minimum atomic E-state index is -0.351. The Morgan fingerprint density at radius 1 is 1.33 bits per heavy atom. The van der Waals surface area contributed by atoms with E-state index in [9.17, 15) is 4.39 Å². The molecule has 0 aliphatic rings. The van der Waals surface area contributed by atoms with Gasteiger partial charge in [-0.2, -0.15) is 0 Å². The number of hydrogen-bond donors (Lipinski definition) is 1. The first kappa shape index (κ1) is 16.3. The van der Waals surface area contributed by atoms with Crippen LogP contribution in [-0.2, 0) is 11.2 Å². The maximum atomic E-state index is 13.0. The summed E-state index contributed by atoms with van der Waals surface area (Å²) in [4.78, 5) is 0. The van der Waals surface area contributed by atoms with Crippen LogP contribution in [0.1, 0.15) is 11.4 Å². The molecular weight excluding hydrogens is 313 g/mol. The highest BCUT2D eigenvalue weighted by atomic mass is 35.5. The van der Waals surface area contributed by atoms with Crippen LogP contribution < -0.4 is 5.32 Å². The molecule has 4 nitrogen and oxygen atoms in total. The van der Waals surface area contributed by atoms with Crippen molar-refractivity contribution in [1.82, 2.24) is 15.5 Å². The monoisotopic (exact) mass is 329 g/mol. The lowest BCUT2D eigenvalue weighted by atomic mass is 10.2. The molecule has 21 heavy (non-hydrogen) atoms. The molecule has 0 atom stereocenters. The van der Waals surface area contributed by atoms with Gasteiger partial charge in [-0.1, -0.05) is 22.9 Å². The number of halogens is 2. The number of rotatable bonds is 8. The van der Waals surface area contributed by atoms with Gasteiger partial charge >= 0.3 is 0 Å². The third-order valence-electron chi connectivity index (χ3n) is 2.86. The zero-order chi connectivity index (χ0) is 15.1. The van der Waals surface area contributed by atoms with E-state index in [1.54, 1.807) is 13.2 Å². The Balaban J connectivity index is 1.86. The summed E-state index contributed by atoms with van der Waals surface area (Å²) >= 11 is 7.52. The van der Waals surface area contributed by atoms with Gasteiger partial charge in [-0.3, -0.25) is 0 Å². The Labute approximate surface area is 132 Å². The number of benzene rings is 1. The van der Waals surface area contributed by atoms with Crippen molar-refractivity contribution in [2.24, 2.45) is 0 Å². The largest absolute Gasteiger partial charge is 0.383 e. The number of methoxy groups -OCH3 is 1. The predicted octanol–water partition coefficient (Wildman–Crippen LogP) is 3.17. The summed E-state index contributed by atoms with van der Waals surface area (Å²) in [5, 5.41) is 13.6. The zero-order valence-electron chi connectivity index (χ0n) is 11.7. The molecular formula is C14H17ClFN3OS. The van der Waals surface area contributed by atoms with Crippen molar-refractivity contribution in [2.45, 2.75) is 12.8 Å². The Kier molecular flexibility index (Phi) is 6.50. The molecule has 114 valence electrons. The Hall–Kier alpha value is -1.08. The summed E-state index contributed by atoms with van der Waals surface area (Å²) in [6.45, 7) is 2.48. The van der Waals surface area contributed by atoms with Gasteiger partial charge in [0.15, 0.2) is 0 Å². The predicted molar refractivity (Wildman–Crippen MR) is 83.4 cm³/mol. The van der Waals surface area contributed by atoms with E-state index < -0.39 is 0 Å². The molecule has 1 aromatic heterocycles. The molecule has 2 aromatic rings. The molecule has 0 aliphatic heterocycles. The van der Waals surface area contributed by atoms with Crippen molar-refractivity contribution in [1.29, 1.82) is 0 Å². The standard InChI is InChI=1S/C14H17ClFN3OS/c1-20-8-7-17-6-2-3-13-18-19-14(21-13)11-5-4-10(16)9-12(11)15/h4-5,9,17H,2-3,6-8H2,1H3. The first-order valence-electron chi connectivity index (χ1n) is 6.68. The van der Waals surface area contributed by atoms with Gasteiger partial charge in [-0.25, -0.2) is 4.39 Å². The third kappa shape index (κ3) is 5.00. The number of nitrogens with zero attached hydrogens (tertiary/aromatic N) is 2. The van der Waals surface area contributed by atoms with Crippen LogP contribution in [0.25, 0.3) is 10.6 Å². The first-order chi connectivity index (χ1) is 10.2. The van der Waals surface area contributed by atoms with Crippen molar-refractivity contribution in [3.8, 4) is 10.6 Å². The number of ether oxygens (including phenoxy) is 1. The molecule has 1 aromatic carbocycles. The highest BCUT2D eigenvalue weighted by Gasteiger charge is 2.10. The molecule has 0 unspecified atom stereocenters. The second-order valence-electron chi connectivity index (χ2n) is 4.47. The van der Waals surface area contributed by atoms with E-state index in [-0.39, 0.29) is 5.82 Å². The summed E-state index contributed by atoms with van der Waals surface area (Å²) in [6.07, 6.45) is 1.84. The molecule has 0 spiro atoms. The van der Waals surface area contributed by atoms with Crippen LogP contribution in [0.2, 0.25) is 5.02 Å². The second kappa shape index (κ2) is 8.38. The smallest absolute Gasteiger partial charge is 0.149 e. The maximum Gasteiger partial charge on any atom is 0.149 e. The van der Waals surface area contributed by atoms with E-state index in [0.717, 1.165) is 41.5 Å². The minimum absolute atomic E-state index is 0.351. The van der Waals surface area contributed by atoms with E-state index in [0.29, 0.717) is 11.6 Å². The summed E-state index contributed by atoms with van der Waals surface area (Å²) in [6, 6.07) is 4.30. The van der Waals surface area contributed by atoms with Gasteiger partial charge < -0.3 is 10.1 Å². The number of aryl methyl sites for hydroxylation is 1. The van der Waals surface area contributed by atoms with Gasteiger partial charge in [0, 0.05) is 25.6 Å². The fourth-order valence-corrected chi connectivity index (χ4v) is 3.02. The Bertz CT molecular complexity index is 579. The fraction of sp³-hybridized carbons (Fsp3) is 0.429. The van der Waals surface area contributed by atoms with Crippen LogP contribution in [0.4, 0.5) is 4.39 Å². The molecule has 1 heterocycles. The van der Waals surface area contributed by atoms with Crippen LogP contribution in [0.15, 0.2) is 18.2 Å². The van der Waals surface area contributed by atoms with E-state index in [1.807, 2.05) is 0 Å². The molecule has 1 N–H and O–H groups in total. The Morgan fingerprint density at radius 2 is 2.19 bits per heavy atom. The van der Waals surface area contributed by atoms with Crippen LogP contribution >= 0.6 is 22.9 Å². The maximum absolute atomic E-state index is 13.0. The average Bonchev–Trinajstić information content (AvgIpc) is 2.91. The van der Waals surface area contributed by atoms with Crippen molar-refractivity contribution < 1.29 is 9.13 Å². The van der Waals surface area contributed by atoms with Crippen molar-refractivity contribution in [2.75, 3.05) is 26.8 Å². The fourth-order valence-electron chi connectivity index (χ4n) is 1.79.